The van der Waals surface area contributed by atoms with Crippen LogP contribution in [0.4, 0.5) is 5.13 Å². The standard InChI is InChI=1S/C14H18ClN3S/c1-3-16-8-13-10-19-14(17-13)18(2)9-11-5-4-6-12(15)7-11/h4-7,10,16H,3,8-9H2,1-2H3. The molecule has 0 aliphatic carbocycles. The lowest BCUT2D eigenvalue weighted by Crippen LogP contribution is -2.17. The molecule has 5 heteroatoms. The molecule has 1 N–H and O–H groups in total. The Kier molecular flexibility index (Phi) is 5.19. The van der Waals surface area contributed by atoms with Crippen molar-refractivity contribution in [3.8, 4) is 0 Å². The van der Waals surface area contributed by atoms with E-state index in [9.17, 15) is 0 Å². The number of rotatable bonds is 6. The molecule has 102 valence electrons. The maximum Gasteiger partial charge on any atom is 0.185 e. The van der Waals surface area contributed by atoms with Crippen molar-refractivity contribution in [2.24, 2.45) is 0 Å². The van der Waals surface area contributed by atoms with Crippen LogP contribution in [0.1, 0.15) is 18.2 Å². The van der Waals surface area contributed by atoms with Gasteiger partial charge in [-0.15, -0.1) is 11.3 Å². The van der Waals surface area contributed by atoms with Gasteiger partial charge in [0.25, 0.3) is 0 Å². The molecule has 3 nitrogen and oxygen atoms in total. The highest BCUT2D eigenvalue weighted by Gasteiger charge is 2.07. The van der Waals surface area contributed by atoms with Crippen molar-refractivity contribution < 1.29 is 0 Å². The molecule has 1 heterocycles. The van der Waals surface area contributed by atoms with E-state index in [1.54, 1.807) is 11.3 Å². The quantitative estimate of drug-likeness (QED) is 0.883. The topological polar surface area (TPSA) is 28.2 Å². The van der Waals surface area contributed by atoms with Crippen LogP contribution >= 0.6 is 22.9 Å². The van der Waals surface area contributed by atoms with Gasteiger partial charge in [0.05, 0.1) is 5.69 Å². The van der Waals surface area contributed by atoms with Crippen LogP contribution in [0.15, 0.2) is 29.6 Å². The van der Waals surface area contributed by atoms with Crippen LogP contribution in [0.5, 0.6) is 0 Å². The van der Waals surface area contributed by atoms with Crippen LogP contribution in [0.3, 0.4) is 0 Å². The molecule has 0 unspecified atom stereocenters. The Morgan fingerprint density at radius 1 is 1.42 bits per heavy atom. The van der Waals surface area contributed by atoms with Crippen LogP contribution < -0.4 is 10.2 Å². The predicted molar refractivity (Wildman–Crippen MR) is 83.1 cm³/mol. The monoisotopic (exact) mass is 295 g/mol. The zero-order valence-corrected chi connectivity index (χ0v) is 12.8. The minimum absolute atomic E-state index is 0.776. The number of nitrogens with zero attached hydrogens (tertiary/aromatic N) is 2. The number of nitrogens with one attached hydrogen (secondary N) is 1. The molecular weight excluding hydrogens is 278 g/mol. The molecule has 19 heavy (non-hydrogen) atoms. The highest BCUT2D eigenvalue weighted by molar-refractivity contribution is 7.13. The molecule has 0 aliphatic heterocycles. The summed E-state index contributed by atoms with van der Waals surface area (Å²) >= 11 is 7.67. The second kappa shape index (κ2) is 6.89. The molecule has 0 atom stereocenters. The van der Waals surface area contributed by atoms with Crippen LogP contribution in [0, 0.1) is 0 Å². The van der Waals surface area contributed by atoms with E-state index in [1.807, 2.05) is 18.2 Å². The molecule has 0 aliphatic rings. The van der Waals surface area contributed by atoms with E-state index in [4.69, 9.17) is 11.6 Å². The van der Waals surface area contributed by atoms with E-state index in [-0.39, 0.29) is 0 Å². The first kappa shape index (κ1) is 14.3. The number of aromatic nitrogens is 1. The first-order valence-electron chi connectivity index (χ1n) is 6.29. The summed E-state index contributed by atoms with van der Waals surface area (Å²) in [5.74, 6) is 0. The molecule has 0 fully saturated rings. The lowest BCUT2D eigenvalue weighted by Gasteiger charge is -2.15. The fourth-order valence-electron chi connectivity index (χ4n) is 1.78. The molecule has 2 rings (SSSR count). The van der Waals surface area contributed by atoms with Gasteiger partial charge in [-0.3, -0.25) is 0 Å². The summed E-state index contributed by atoms with van der Waals surface area (Å²) in [6.45, 7) is 4.70. The Morgan fingerprint density at radius 3 is 3.00 bits per heavy atom. The summed E-state index contributed by atoms with van der Waals surface area (Å²) in [6.07, 6.45) is 0. The summed E-state index contributed by atoms with van der Waals surface area (Å²) < 4.78 is 0. The molecule has 0 bridgehead atoms. The Labute approximate surface area is 123 Å². The van der Waals surface area contributed by atoms with Gasteiger partial charge in [-0.25, -0.2) is 4.98 Å². The van der Waals surface area contributed by atoms with Gasteiger partial charge in [0, 0.05) is 30.5 Å². The molecule has 0 saturated heterocycles. The predicted octanol–water partition coefficient (Wildman–Crippen LogP) is 3.54. The first-order chi connectivity index (χ1) is 9.19. The van der Waals surface area contributed by atoms with Crippen LogP contribution in [0.2, 0.25) is 5.02 Å². The fraction of sp³-hybridized carbons (Fsp3) is 0.357. The van der Waals surface area contributed by atoms with Gasteiger partial charge in [-0.2, -0.15) is 0 Å². The van der Waals surface area contributed by atoms with Gasteiger partial charge >= 0.3 is 0 Å². The third-order valence-corrected chi connectivity index (χ3v) is 3.97. The van der Waals surface area contributed by atoms with Gasteiger partial charge in [0.15, 0.2) is 5.13 Å². The second-order valence-corrected chi connectivity index (χ2v) is 5.66. The molecule has 0 saturated carbocycles. The van der Waals surface area contributed by atoms with Crippen molar-refractivity contribution in [1.82, 2.24) is 10.3 Å². The van der Waals surface area contributed by atoms with E-state index in [1.165, 1.54) is 5.56 Å². The summed E-state index contributed by atoms with van der Waals surface area (Å²) in [6, 6.07) is 7.94. The zero-order chi connectivity index (χ0) is 13.7. The average molecular weight is 296 g/mol. The number of anilines is 1. The molecule has 0 radical (unpaired) electrons. The lowest BCUT2D eigenvalue weighted by molar-refractivity contribution is 0.713. The maximum atomic E-state index is 6.00. The molecular formula is C14H18ClN3S. The molecule has 0 spiro atoms. The van der Waals surface area contributed by atoms with E-state index < -0.39 is 0 Å². The summed E-state index contributed by atoms with van der Waals surface area (Å²) in [4.78, 5) is 6.76. The summed E-state index contributed by atoms with van der Waals surface area (Å²) in [5, 5.41) is 7.20. The van der Waals surface area contributed by atoms with Gasteiger partial charge in [0.2, 0.25) is 0 Å². The summed E-state index contributed by atoms with van der Waals surface area (Å²) in [5.41, 5.74) is 2.29. The Balaban J connectivity index is 1.99. The smallest absolute Gasteiger partial charge is 0.185 e. The van der Waals surface area contributed by atoms with Gasteiger partial charge < -0.3 is 10.2 Å². The highest BCUT2D eigenvalue weighted by Crippen LogP contribution is 2.21. The number of halogens is 1. The Morgan fingerprint density at radius 2 is 2.26 bits per heavy atom. The van der Waals surface area contributed by atoms with Gasteiger partial charge in [-0.1, -0.05) is 30.7 Å². The number of thiazole rings is 1. The molecule has 1 aromatic heterocycles. The Bertz CT molecular complexity index is 527. The maximum absolute atomic E-state index is 6.00. The summed E-state index contributed by atoms with van der Waals surface area (Å²) in [7, 11) is 2.05. The van der Waals surface area contributed by atoms with Crippen molar-refractivity contribution >= 4 is 28.1 Å². The minimum atomic E-state index is 0.776. The molecule has 1 aromatic carbocycles. The zero-order valence-electron chi connectivity index (χ0n) is 11.2. The fourth-order valence-corrected chi connectivity index (χ4v) is 2.79. The van der Waals surface area contributed by atoms with Crippen LogP contribution in [-0.4, -0.2) is 18.6 Å². The van der Waals surface area contributed by atoms with Crippen molar-refractivity contribution in [1.29, 1.82) is 0 Å². The van der Waals surface area contributed by atoms with Crippen molar-refractivity contribution in [3.05, 3.63) is 45.9 Å². The number of hydrogen-bond acceptors (Lipinski definition) is 4. The average Bonchev–Trinajstić information content (AvgIpc) is 2.85. The minimum Gasteiger partial charge on any atom is -0.347 e. The molecule has 2 aromatic rings. The normalized spacial score (nSPS) is 10.7. The first-order valence-corrected chi connectivity index (χ1v) is 7.55. The van der Waals surface area contributed by atoms with E-state index in [0.717, 1.165) is 35.5 Å². The largest absolute Gasteiger partial charge is 0.347 e. The molecule has 0 amide bonds. The van der Waals surface area contributed by atoms with Gasteiger partial charge in [-0.05, 0) is 24.2 Å². The van der Waals surface area contributed by atoms with Crippen LogP contribution in [-0.2, 0) is 13.1 Å². The SMILES string of the molecule is CCNCc1csc(N(C)Cc2cccc(Cl)c2)n1. The van der Waals surface area contributed by atoms with Crippen molar-refractivity contribution in [2.45, 2.75) is 20.0 Å². The second-order valence-electron chi connectivity index (χ2n) is 4.39. The number of hydrogen-bond donors (Lipinski definition) is 1. The van der Waals surface area contributed by atoms with Crippen molar-refractivity contribution in [3.63, 3.8) is 0 Å². The number of benzene rings is 1. The van der Waals surface area contributed by atoms with Crippen molar-refractivity contribution in [2.75, 3.05) is 18.5 Å². The van der Waals surface area contributed by atoms with E-state index >= 15 is 0 Å². The Hall–Kier alpha value is -1.10. The van der Waals surface area contributed by atoms with E-state index in [2.05, 4.69) is 40.6 Å². The highest BCUT2D eigenvalue weighted by atomic mass is 35.5. The third kappa shape index (κ3) is 4.20. The third-order valence-electron chi connectivity index (χ3n) is 2.73. The van der Waals surface area contributed by atoms with E-state index in [0.29, 0.717) is 0 Å². The van der Waals surface area contributed by atoms with Gasteiger partial charge in [0.1, 0.15) is 0 Å². The van der Waals surface area contributed by atoms with Crippen LogP contribution in [0.25, 0.3) is 0 Å². The lowest BCUT2D eigenvalue weighted by atomic mass is 10.2.